The van der Waals surface area contributed by atoms with Crippen LogP contribution in [0.3, 0.4) is 0 Å². The van der Waals surface area contributed by atoms with Crippen LogP contribution in [0, 0.1) is 6.92 Å². The van der Waals surface area contributed by atoms with Gasteiger partial charge in [-0.05, 0) is 37.6 Å². The first-order valence-electron chi connectivity index (χ1n) is 7.49. The minimum Gasteiger partial charge on any atom is -0.436 e. The molecule has 1 saturated heterocycles. The van der Waals surface area contributed by atoms with E-state index >= 15 is 0 Å². The molecule has 0 aliphatic carbocycles. The molecule has 4 rings (SSSR count). The maximum absolute atomic E-state index is 5.91. The van der Waals surface area contributed by atoms with Crippen molar-refractivity contribution in [2.24, 2.45) is 0 Å². The lowest BCUT2D eigenvalue weighted by atomic mass is 10.1. The third kappa shape index (κ3) is 2.44. The summed E-state index contributed by atoms with van der Waals surface area (Å²) in [5, 5.41) is 0. The highest BCUT2D eigenvalue weighted by atomic mass is 16.6. The van der Waals surface area contributed by atoms with Crippen molar-refractivity contribution in [1.82, 2.24) is 4.98 Å². The molecule has 110 valence electrons. The van der Waals surface area contributed by atoms with Crippen LogP contribution < -0.4 is 0 Å². The molecular formula is C19H17NO2. The predicted octanol–water partition coefficient (Wildman–Crippen LogP) is 4.78. The van der Waals surface area contributed by atoms with Crippen LogP contribution in [0.25, 0.3) is 22.8 Å². The number of oxazole rings is 1. The van der Waals surface area contributed by atoms with Crippen molar-refractivity contribution in [3.63, 3.8) is 0 Å². The van der Waals surface area contributed by atoms with Gasteiger partial charge < -0.3 is 9.15 Å². The zero-order valence-electron chi connectivity index (χ0n) is 12.6. The van der Waals surface area contributed by atoms with Gasteiger partial charge in [-0.15, -0.1) is 0 Å². The van der Waals surface area contributed by atoms with E-state index in [1.165, 1.54) is 11.1 Å². The Bertz CT molecular complexity index is 804. The fourth-order valence-corrected chi connectivity index (χ4v) is 2.69. The first-order chi connectivity index (χ1) is 10.7. The minimum atomic E-state index is 0.251. The molecule has 3 nitrogen and oxygen atoms in total. The van der Waals surface area contributed by atoms with Gasteiger partial charge in [0.05, 0.1) is 12.3 Å². The zero-order chi connectivity index (χ0) is 15.1. The highest BCUT2D eigenvalue weighted by Crippen LogP contribution is 2.38. The summed E-state index contributed by atoms with van der Waals surface area (Å²) in [6, 6.07) is 16.5. The van der Waals surface area contributed by atoms with Crippen molar-refractivity contribution < 1.29 is 9.15 Å². The lowest BCUT2D eigenvalue weighted by Gasteiger charge is -2.00. The summed E-state index contributed by atoms with van der Waals surface area (Å²) in [5.41, 5.74) is 4.45. The van der Waals surface area contributed by atoms with Gasteiger partial charge in [0.25, 0.3) is 0 Å². The van der Waals surface area contributed by atoms with E-state index in [0.29, 0.717) is 12.0 Å². The topological polar surface area (TPSA) is 38.6 Å². The van der Waals surface area contributed by atoms with Crippen LogP contribution in [0.15, 0.2) is 59.1 Å². The van der Waals surface area contributed by atoms with Gasteiger partial charge in [0, 0.05) is 11.1 Å². The largest absolute Gasteiger partial charge is 0.436 e. The molecule has 3 aromatic rings. The molecule has 1 fully saturated rings. The molecule has 0 radical (unpaired) electrons. The van der Waals surface area contributed by atoms with E-state index < -0.39 is 0 Å². The van der Waals surface area contributed by atoms with Crippen molar-refractivity contribution in [1.29, 1.82) is 0 Å². The van der Waals surface area contributed by atoms with Crippen molar-refractivity contribution in [3.8, 4) is 22.8 Å². The summed E-state index contributed by atoms with van der Waals surface area (Å²) in [4.78, 5) is 4.40. The molecule has 1 aromatic heterocycles. The number of epoxide rings is 1. The van der Waals surface area contributed by atoms with Gasteiger partial charge >= 0.3 is 0 Å². The van der Waals surface area contributed by atoms with Gasteiger partial charge in [-0.2, -0.15) is 0 Å². The standard InChI is InChI=1S/C19H17NO2/c1-12-4-3-5-16(10-12)17-11-20-19(22-17)15-8-6-14(7-9-15)18-13(2)21-18/h3-11,13,18H,1-2H3. The molecule has 2 heterocycles. The van der Waals surface area contributed by atoms with Crippen LogP contribution in [-0.4, -0.2) is 11.1 Å². The molecule has 2 aromatic carbocycles. The number of rotatable bonds is 3. The molecule has 2 atom stereocenters. The third-order valence-corrected chi connectivity index (χ3v) is 4.01. The van der Waals surface area contributed by atoms with E-state index in [1.807, 2.05) is 24.3 Å². The molecule has 0 spiro atoms. The minimum absolute atomic E-state index is 0.251. The molecule has 0 bridgehead atoms. The fourth-order valence-electron chi connectivity index (χ4n) is 2.69. The Morgan fingerprint density at radius 2 is 1.77 bits per heavy atom. The Kier molecular flexibility index (Phi) is 3.09. The zero-order valence-corrected chi connectivity index (χ0v) is 12.6. The average molecular weight is 291 g/mol. The summed E-state index contributed by atoms with van der Waals surface area (Å²) in [7, 11) is 0. The number of aromatic nitrogens is 1. The quantitative estimate of drug-likeness (QED) is 0.652. The summed E-state index contributed by atoms with van der Waals surface area (Å²) in [6.07, 6.45) is 2.37. The van der Waals surface area contributed by atoms with E-state index in [4.69, 9.17) is 9.15 Å². The Morgan fingerprint density at radius 1 is 1.00 bits per heavy atom. The molecule has 1 aliphatic rings. The monoisotopic (exact) mass is 291 g/mol. The summed E-state index contributed by atoms with van der Waals surface area (Å²) < 4.78 is 11.4. The summed E-state index contributed by atoms with van der Waals surface area (Å²) in [6.45, 7) is 4.15. The van der Waals surface area contributed by atoms with E-state index in [2.05, 4.69) is 43.1 Å². The second-order valence-electron chi connectivity index (χ2n) is 5.78. The van der Waals surface area contributed by atoms with E-state index in [1.54, 1.807) is 6.20 Å². The molecule has 3 heteroatoms. The van der Waals surface area contributed by atoms with Crippen LogP contribution in [0.4, 0.5) is 0 Å². The van der Waals surface area contributed by atoms with Crippen molar-refractivity contribution in [2.45, 2.75) is 26.1 Å². The summed E-state index contributed by atoms with van der Waals surface area (Å²) in [5.74, 6) is 1.44. The Morgan fingerprint density at radius 3 is 2.45 bits per heavy atom. The number of ether oxygens (including phenoxy) is 1. The van der Waals surface area contributed by atoms with Gasteiger partial charge in [0.1, 0.15) is 6.10 Å². The lowest BCUT2D eigenvalue weighted by Crippen LogP contribution is -1.84. The molecule has 1 aliphatic heterocycles. The molecule has 0 saturated carbocycles. The Labute approximate surface area is 129 Å². The average Bonchev–Trinajstić information content (AvgIpc) is 3.07. The molecule has 0 N–H and O–H groups in total. The predicted molar refractivity (Wildman–Crippen MR) is 85.4 cm³/mol. The molecule has 22 heavy (non-hydrogen) atoms. The second-order valence-corrected chi connectivity index (χ2v) is 5.78. The first-order valence-corrected chi connectivity index (χ1v) is 7.49. The SMILES string of the molecule is Cc1cccc(-c2cnc(-c3ccc(C4OC4C)cc3)o2)c1. The Hall–Kier alpha value is -2.39. The third-order valence-electron chi connectivity index (χ3n) is 4.01. The van der Waals surface area contributed by atoms with Crippen LogP contribution in [0.2, 0.25) is 0 Å². The normalized spacial score (nSPS) is 20.1. The molecule has 2 unspecified atom stereocenters. The number of aryl methyl sites for hydroxylation is 1. The van der Waals surface area contributed by atoms with Gasteiger partial charge in [-0.25, -0.2) is 4.98 Å². The van der Waals surface area contributed by atoms with E-state index in [-0.39, 0.29) is 6.10 Å². The lowest BCUT2D eigenvalue weighted by molar-refractivity contribution is 0.383. The highest BCUT2D eigenvalue weighted by molar-refractivity contribution is 5.61. The Balaban J connectivity index is 1.61. The maximum Gasteiger partial charge on any atom is 0.226 e. The van der Waals surface area contributed by atoms with Crippen molar-refractivity contribution in [3.05, 3.63) is 65.9 Å². The first kappa shape index (κ1) is 13.3. The van der Waals surface area contributed by atoms with Crippen LogP contribution in [-0.2, 0) is 4.74 Å². The second kappa shape index (κ2) is 5.11. The highest BCUT2D eigenvalue weighted by Gasteiger charge is 2.35. The van der Waals surface area contributed by atoms with Crippen LogP contribution in [0.5, 0.6) is 0 Å². The van der Waals surface area contributed by atoms with Gasteiger partial charge in [-0.3, -0.25) is 0 Å². The van der Waals surface area contributed by atoms with Gasteiger partial charge in [0.2, 0.25) is 5.89 Å². The fraction of sp³-hybridized carbons (Fsp3) is 0.211. The van der Waals surface area contributed by atoms with E-state index in [0.717, 1.165) is 16.9 Å². The smallest absolute Gasteiger partial charge is 0.226 e. The van der Waals surface area contributed by atoms with Crippen molar-refractivity contribution in [2.75, 3.05) is 0 Å². The number of hydrogen-bond acceptors (Lipinski definition) is 3. The maximum atomic E-state index is 5.91. The number of nitrogens with zero attached hydrogens (tertiary/aromatic N) is 1. The summed E-state index contributed by atoms with van der Waals surface area (Å²) >= 11 is 0. The number of hydrogen-bond donors (Lipinski definition) is 0. The van der Waals surface area contributed by atoms with E-state index in [9.17, 15) is 0 Å². The van der Waals surface area contributed by atoms with Gasteiger partial charge in [-0.1, -0.05) is 35.9 Å². The molecular weight excluding hydrogens is 274 g/mol. The molecule has 0 amide bonds. The van der Waals surface area contributed by atoms with Gasteiger partial charge in [0.15, 0.2) is 5.76 Å². The van der Waals surface area contributed by atoms with Crippen LogP contribution >= 0.6 is 0 Å². The number of benzene rings is 2. The van der Waals surface area contributed by atoms with Crippen molar-refractivity contribution >= 4 is 0 Å². The van der Waals surface area contributed by atoms with Crippen LogP contribution in [0.1, 0.15) is 24.2 Å².